The molecule has 0 saturated heterocycles. The van der Waals surface area contributed by atoms with Crippen molar-refractivity contribution in [3.8, 4) is 0 Å². The van der Waals surface area contributed by atoms with Gasteiger partial charge >= 0.3 is 0 Å². The molecule has 1 aliphatic rings. The van der Waals surface area contributed by atoms with Gasteiger partial charge in [-0.3, -0.25) is 0 Å². The van der Waals surface area contributed by atoms with Gasteiger partial charge in [-0.2, -0.15) is 0 Å². The summed E-state index contributed by atoms with van der Waals surface area (Å²) >= 11 is 4.73. The van der Waals surface area contributed by atoms with Gasteiger partial charge in [-0.1, -0.05) is 13.3 Å². The number of nitrogens with two attached hydrogens (primary N) is 1. The lowest BCUT2D eigenvalue weighted by Crippen LogP contribution is -2.32. The number of thiocarbonyl (C=S) groups is 1. The first-order chi connectivity index (χ1) is 5.18. The summed E-state index contributed by atoms with van der Waals surface area (Å²) in [5, 5.41) is 3.45. The molecule has 1 rings (SSSR count). The molecule has 0 heterocycles. The van der Waals surface area contributed by atoms with Gasteiger partial charge in [0.2, 0.25) is 0 Å². The monoisotopic (exact) mass is 172 g/mol. The Kier molecular flexibility index (Phi) is 3.12. The van der Waals surface area contributed by atoms with E-state index >= 15 is 0 Å². The van der Waals surface area contributed by atoms with E-state index in [9.17, 15) is 0 Å². The fourth-order valence-electron chi connectivity index (χ4n) is 1.76. The second-order valence-corrected chi connectivity index (χ2v) is 3.97. The van der Waals surface area contributed by atoms with Crippen LogP contribution in [0.4, 0.5) is 0 Å². The average molecular weight is 172 g/mol. The van der Waals surface area contributed by atoms with Gasteiger partial charge in [0.15, 0.2) is 5.11 Å². The molecular formula is C8H16N2S. The van der Waals surface area contributed by atoms with Gasteiger partial charge in [0.25, 0.3) is 0 Å². The molecule has 64 valence electrons. The van der Waals surface area contributed by atoms with Gasteiger partial charge in [-0.25, -0.2) is 0 Å². The predicted molar refractivity (Wildman–Crippen MR) is 51.3 cm³/mol. The molecule has 1 aliphatic carbocycles. The van der Waals surface area contributed by atoms with E-state index in [0.29, 0.717) is 5.11 Å². The van der Waals surface area contributed by atoms with Crippen molar-refractivity contribution in [1.29, 1.82) is 0 Å². The largest absolute Gasteiger partial charge is 0.376 e. The molecule has 0 bridgehead atoms. The van der Waals surface area contributed by atoms with Gasteiger partial charge in [0.05, 0.1) is 0 Å². The summed E-state index contributed by atoms with van der Waals surface area (Å²) in [6, 6.07) is 0. The molecule has 3 heteroatoms. The first-order valence-corrected chi connectivity index (χ1v) is 4.62. The number of nitrogens with one attached hydrogen (secondary N) is 1. The maximum Gasteiger partial charge on any atom is 0.163 e. The molecule has 2 atom stereocenters. The van der Waals surface area contributed by atoms with E-state index in [0.717, 1.165) is 18.4 Å². The van der Waals surface area contributed by atoms with Gasteiger partial charge < -0.3 is 11.1 Å². The molecule has 2 nitrogen and oxygen atoms in total. The first kappa shape index (κ1) is 8.78. The van der Waals surface area contributed by atoms with E-state index in [4.69, 9.17) is 18.0 Å². The van der Waals surface area contributed by atoms with Crippen LogP contribution in [0.2, 0.25) is 0 Å². The number of hydrogen-bond donors (Lipinski definition) is 2. The molecule has 3 N–H and O–H groups in total. The highest BCUT2D eigenvalue weighted by molar-refractivity contribution is 7.80. The van der Waals surface area contributed by atoms with Crippen LogP contribution in [0.3, 0.4) is 0 Å². The third kappa shape index (κ3) is 3.06. The molecule has 0 radical (unpaired) electrons. The molecule has 0 aliphatic heterocycles. The molecule has 0 aromatic heterocycles. The van der Waals surface area contributed by atoms with Crippen LogP contribution in [-0.2, 0) is 0 Å². The normalized spacial score (nSPS) is 30.3. The Balaban J connectivity index is 2.13. The van der Waals surface area contributed by atoms with E-state index in [1.807, 2.05) is 0 Å². The zero-order valence-corrected chi connectivity index (χ0v) is 7.79. The zero-order chi connectivity index (χ0) is 8.27. The van der Waals surface area contributed by atoms with Crippen LogP contribution in [0.15, 0.2) is 0 Å². The van der Waals surface area contributed by atoms with E-state index in [2.05, 4.69) is 12.2 Å². The van der Waals surface area contributed by atoms with Gasteiger partial charge in [0.1, 0.15) is 0 Å². The lowest BCUT2D eigenvalue weighted by Gasteiger charge is -2.09. The van der Waals surface area contributed by atoms with Crippen molar-refractivity contribution in [1.82, 2.24) is 5.32 Å². The fourth-order valence-corrected chi connectivity index (χ4v) is 1.84. The van der Waals surface area contributed by atoms with Crippen molar-refractivity contribution >= 4 is 17.3 Å². The summed E-state index contributed by atoms with van der Waals surface area (Å²) in [6.07, 6.45) is 4.02. The Morgan fingerprint density at radius 2 is 2.36 bits per heavy atom. The highest BCUT2D eigenvalue weighted by Gasteiger charge is 2.20. The third-order valence-electron chi connectivity index (χ3n) is 2.37. The van der Waals surface area contributed by atoms with Crippen LogP contribution in [0.1, 0.15) is 26.2 Å². The molecule has 0 amide bonds. The topological polar surface area (TPSA) is 38.0 Å². The van der Waals surface area contributed by atoms with Crippen LogP contribution < -0.4 is 11.1 Å². The van der Waals surface area contributed by atoms with E-state index in [-0.39, 0.29) is 0 Å². The third-order valence-corrected chi connectivity index (χ3v) is 2.51. The minimum absolute atomic E-state index is 0.435. The molecule has 0 aromatic carbocycles. The van der Waals surface area contributed by atoms with Crippen LogP contribution in [-0.4, -0.2) is 11.7 Å². The van der Waals surface area contributed by atoms with Crippen LogP contribution in [0.5, 0.6) is 0 Å². The standard InChI is InChI=1S/C8H16N2S/c1-6-2-3-7(4-6)5-10-8(9)11/h6-7H,2-5H2,1H3,(H3,9,10,11). The maximum absolute atomic E-state index is 5.33. The summed E-state index contributed by atoms with van der Waals surface area (Å²) in [5.41, 5.74) is 5.33. The molecule has 1 saturated carbocycles. The highest BCUT2D eigenvalue weighted by atomic mass is 32.1. The van der Waals surface area contributed by atoms with Gasteiger partial charge in [0, 0.05) is 6.54 Å². The van der Waals surface area contributed by atoms with E-state index in [1.165, 1.54) is 19.3 Å². The van der Waals surface area contributed by atoms with Crippen molar-refractivity contribution in [2.45, 2.75) is 26.2 Å². The van der Waals surface area contributed by atoms with Crippen molar-refractivity contribution in [3.63, 3.8) is 0 Å². The molecular weight excluding hydrogens is 156 g/mol. The molecule has 11 heavy (non-hydrogen) atoms. The van der Waals surface area contributed by atoms with Crippen LogP contribution >= 0.6 is 12.2 Å². The summed E-state index contributed by atoms with van der Waals surface area (Å²) in [6.45, 7) is 3.28. The second-order valence-electron chi connectivity index (χ2n) is 3.53. The molecule has 0 aromatic rings. The number of hydrogen-bond acceptors (Lipinski definition) is 1. The van der Waals surface area contributed by atoms with Crippen LogP contribution in [0, 0.1) is 11.8 Å². The smallest absolute Gasteiger partial charge is 0.163 e. The minimum atomic E-state index is 0.435. The Morgan fingerprint density at radius 1 is 1.64 bits per heavy atom. The van der Waals surface area contributed by atoms with Gasteiger partial charge in [-0.05, 0) is 36.9 Å². The van der Waals surface area contributed by atoms with Crippen LogP contribution in [0.25, 0.3) is 0 Å². The molecule has 1 fully saturated rings. The Morgan fingerprint density at radius 3 is 2.82 bits per heavy atom. The highest BCUT2D eigenvalue weighted by Crippen LogP contribution is 2.29. The SMILES string of the molecule is CC1CCC(CNC(N)=S)C1. The van der Waals surface area contributed by atoms with Crippen molar-refractivity contribution < 1.29 is 0 Å². The lowest BCUT2D eigenvalue weighted by atomic mass is 10.1. The molecule has 0 spiro atoms. The number of rotatable bonds is 2. The summed E-state index contributed by atoms with van der Waals surface area (Å²) in [7, 11) is 0. The van der Waals surface area contributed by atoms with E-state index in [1.54, 1.807) is 0 Å². The quantitative estimate of drug-likeness (QED) is 0.616. The Bertz CT molecular complexity index is 147. The lowest BCUT2D eigenvalue weighted by molar-refractivity contribution is 0.507. The Hall–Kier alpha value is -0.310. The Labute approximate surface area is 73.5 Å². The average Bonchev–Trinajstić information content (AvgIpc) is 2.31. The summed E-state index contributed by atoms with van der Waals surface area (Å²) < 4.78 is 0. The van der Waals surface area contributed by atoms with E-state index < -0.39 is 0 Å². The fraction of sp³-hybridized carbons (Fsp3) is 0.875. The zero-order valence-electron chi connectivity index (χ0n) is 6.97. The summed E-state index contributed by atoms with van der Waals surface area (Å²) in [4.78, 5) is 0. The van der Waals surface area contributed by atoms with Crippen molar-refractivity contribution in [2.75, 3.05) is 6.54 Å². The summed E-state index contributed by atoms with van der Waals surface area (Å²) in [5.74, 6) is 1.69. The molecule has 2 unspecified atom stereocenters. The maximum atomic E-state index is 5.33. The second kappa shape index (κ2) is 3.90. The first-order valence-electron chi connectivity index (χ1n) is 4.21. The van der Waals surface area contributed by atoms with Crippen molar-refractivity contribution in [3.05, 3.63) is 0 Å². The minimum Gasteiger partial charge on any atom is -0.376 e. The van der Waals surface area contributed by atoms with Gasteiger partial charge in [-0.15, -0.1) is 0 Å². The van der Waals surface area contributed by atoms with Crippen molar-refractivity contribution in [2.24, 2.45) is 17.6 Å². The predicted octanol–water partition coefficient (Wildman–Crippen LogP) is 1.26.